The molecule has 7 heteroatoms. The first kappa shape index (κ1) is 23.6. The molecule has 1 unspecified atom stereocenters. The van der Waals surface area contributed by atoms with Crippen molar-refractivity contribution < 1.29 is 9.53 Å². The second-order valence-corrected chi connectivity index (χ2v) is 9.19. The first-order valence-corrected chi connectivity index (χ1v) is 12.3. The lowest BCUT2D eigenvalue weighted by Gasteiger charge is -2.19. The molecule has 0 spiro atoms. The Balaban J connectivity index is 1.75. The number of benzene rings is 2. The fraction of sp³-hybridized carbons (Fsp3) is 0.276. The predicted octanol–water partition coefficient (Wildman–Crippen LogP) is 5.45. The number of carbonyl (C=O) groups is 1. The third-order valence-electron chi connectivity index (χ3n) is 6.87. The maximum atomic E-state index is 14.2. The molecule has 5 rings (SSSR count). The van der Waals surface area contributed by atoms with Gasteiger partial charge in [0, 0.05) is 28.4 Å². The van der Waals surface area contributed by atoms with Crippen molar-refractivity contribution in [1.29, 1.82) is 0 Å². The Bertz CT molecular complexity index is 1610. The molecule has 2 aromatic carbocycles. The molecule has 5 aromatic rings. The molecule has 0 bridgehead atoms. The average molecular weight is 483 g/mol. The highest BCUT2D eigenvalue weighted by atomic mass is 16.5. The van der Waals surface area contributed by atoms with Gasteiger partial charge in [-0.05, 0) is 51.0 Å². The van der Waals surface area contributed by atoms with E-state index >= 15 is 0 Å². The number of pyridine rings is 1. The number of esters is 1. The molecule has 36 heavy (non-hydrogen) atoms. The van der Waals surface area contributed by atoms with E-state index in [1.165, 1.54) is 0 Å². The molecule has 0 saturated carbocycles. The van der Waals surface area contributed by atoms with Gasteiger partial charge in [0.25, 0.3) is 0 Å². The topological polar surface area (TPSA) is 81.9 Å². The number of aryl methyl sites for hydroxylation is 2. The predicted molar refractivity (Wildman–Crippen MR) is 141 cm³/mol. The third-order valence-corrected chi connectivity index (χ3v) is 6.87. The van der Waals surface area contributed by atoms with Gasteiger partial charge in [-0.15, -0.1) is 0 Å². The largest absolute Gasteiger partial charge is 0.466 e. The maximum Gasteiger partial charge on any atom is 0.330 e. The minimum atomic E-state index is -0.514. The van der Waals surface area contributed by atoms with Crippen LogP contribution in [0.25, 0.3) is 21.9 Å². The zero-order chi connectivity index (χ0) is 25.4. The first-order valence-electron chi connectivity index (χ1n) is 12.3. The summed E-state index contributed by atoms with van der Waals surface area (Å²) in [5.41, 5.74) is 6.17. The summed E-state index contributed by atoms with van der Waals surface area (Å²) in [6, 6.07) is 16.9. The van der Waals surface area contributed by atoms with Crippen molar-refractivity contribution in [2.45, 2.75) is 46.2 Å². The van der Waals surface area contributed by atoms with Gasteiger partial charge >= 0.3 is 11.7 Å². The first-order chi connectivity index (χ1) is 17.4. The lowest BCUT2D eigenvalue weighted by atomic mass is 10.0. The number of nitrogens with one attached hydrogen (secondary N) is 1. The van der Waals surface area contributed by atoms with Gasteiger partial charge in [-0.3, -0.25) is 18.9 Å². The summed E-state index contributed by atoms with van der Waals surface area (Å²) in [5.74, 6) is -0.342. The van der Waals surface area contributed by atoms with Crippen molar-refractivity contribution in [2.24, 2.45) is 0 Å². The van der Waals surface area contributed by atoms with E-state index in [0.29, 0.717) is 0 Å². The number of aromatic amines is 1. The molecule has 3 heterocycles. The highest BCUT2D eigenvalue weighted by Gasteiger charge is 2.28. The van der Waals surface area contributed by atoms with Crippen molar-refractivity contribution in [3.63, 3.8) is 0 Å². The number of fused-ring (bicyclic) bond motifs is 2. The zero-order valence-corrected chi connectivity index (χ0v) is 21.0. The van der Waals surface area contributed by atoms with Crippen molar-refractivity contribution in [1.82, 2.24) is 19.1 Å². The van der Waals surface area contributed by atoms with E-state index in [9.17, 15) is 9.59 Å². The van der Waals surface area contributed by atoms with Gasteiger partial charge < -0.3 is 9.72 Å². The Labute approximate surface area is 209 Å². The van der Waals surface area contributed by atoms with Gasteiger partial charge in [0.05, 0.1) is 42.3 Å². The number of hydrogen-bond donors (Lipinski definition) is 1. The van der Waals surface area contributed by atoms with Crippen LogP contribution >= 0.6 is 0 Å². The lowest BCUT2D eigenvalue weighted by molar-refractivity contribution is -0.143. The van der Waals surface area contributed by atoms with Crippen LogP contribution in [0.1, 0.15) is 54.7 Å². The fourth-order valence-corrected chi connectivity index (χ4v) is 5.19. The minimum absolute atomic E-state index is 0.0544. The van der Waals surface area contributed by atoms with Crippen LogP contribution in [0.3, 0.4) is 0 Å². The SMILES string of the molecule is CCOC(=O)C[C@H](c1ccccc1)n1c(=O)n(C(C)c2c[nH]c3cccc(C)c23)c2cnc(C)cc21. The van der Waals surface area contributed by atoms with Gasteiger partial charge in [0.2, 0.25) is 0 Å². The summed E-state index contributed by atoms with van der Waals surface area (Å²) in [6.07, 6.45) is 3.79. The summed E-state index contributed by atoms with van der Waals surface area (Å²) >= 11 is 0. The van der Waals surface area contributed by atoms with Gasteiger partial charge in [0.1, 0.15) is 0 Å². The monoisotopic (exact) mass is 482 g/mol. The van der Waals surface area contributed by atoms with E-state index in [1.807, 2.05) is 68.6 Å². The summed E-state index contributed by atoms with van der Waals surface area (Å²) in [7, 11) is 0. The number of carbonyl (C=O) groups excluding carboxylic acids is 1. The maximum absolute atomic E-state index is 14.2. The van der Waals surface area contributed by atoms with Crippen LogP contribution in [0.5, 0.6) is 0 Å². The van der Waals surface area contributed by atoms with Crippen LogP contribution < -0.4 is 5.69 Å². The van der Waals surface area contributed by atoms with Crippen LogP contribution in [0.15, 0.2) is 71.8 Å². The van der Waals surface area contributed by atoms with Gasteiger partial charge in [0.15, 0.2) is 0 Å². The summed E-state index contributed by atoms with van der Waals surface area (Å²) in [6.45, 7) is 8.09. The quantitative estimate of drug-likeness (QED) is 0.313. The summed E-state index contributed by atoms with van der Waals surface area (Å²) in [5, 5.41) is 1.11. The van der Waals surface area contributed by atoms with Crippen LogP contribution in [0.2, 0.25) is 0 Å². The van der Waals surface area contributed by atoms with E-state index in [-0.39, 0.29) is 30.7 Å². The van der Waals surface area contributed by atoms with E-state index in [1.54, 1.807) is 22.3 Å². The van der Waals surface area contributed by atoms with Crippen molar-refractivity contribution in [3.05, 3.63) is 99.9 Å². The highest BCUT2D eigenvalue weighted by molar-refractivity contribution is 5.87. The molecule has 0 aliphatic carbocycles. The molecule has 0 aliphatic rings. The zero-order valence-electron chi connectivity index (χ0n) is 21.0. The molecule has 7 nitrogen and oxygen atoms in total. The van der Waals surface area contributed by atoms with Crippen molar-refractivity contribution in [2.75, 3.05) is 6.61 Å². The van der Waals surface area contributed by atoms with Gasteiger partial charge in [-0.25, -0.2) is 4.79 Å². The molecule has 3 aromatic heterocycles. The number of H-pyrrole nitrogens is 1. The average Bonchev–Trinajstić information content (AvgIpc) is 3.42. The number of rotatable bonds is 7. The number of imidazole rings is 1. The van der Waals surface area contributed by atoms with E-state index in [4.69, 9.17) is 4.74 Å². The molecule has 0 radical (unpaired) electrons. The van der Waals surface area contributed by atoms with E-state index in [0.717, 1.165) is 44.3 Å². The smallest absolute Gasteiger partial charge is 0.330 e. The van der Waals surface area contributed by atoms with Crippen LogP contribution in [0.4, 0.5) is 0 Å². The Morgan fingerprint density at radius 1 is 1.06 bits per heavy atom. The Hall–Kier alpha value is -4.13. The molecule has 184 valence electrons. The highest BCUT2D eigenvalue weighted by Crippen LogP contribution is 2.32. The van der Waals surface area contributed by atoms with Crippen LogP contribution in [0, 0.1) is 13.8 Å². The summed E-state index contributed by atoms with van der Waals surface area (Å²) in [4.78, 5) is 34.8. The Kier molecular flexibility index (Phi) is 6.22. The number of ether oxygens (including phenoxy) is 1. The third kappa shape index (κ3) is 4.00. The summed E-state index contributed by atoms with van der Waals surface area (Å²) < 4.78 is 8.81. The Morgan fingerprint density at radius 2 is 1.83 bits per heavy atom. The van der Waals surface area contributed by atoms with E-state index in [2.05, 4.69) is 23.0 Å². The molecule has 2 atom stereocenters. The second-order valence-electron chi connectivity index (χ2n) is 9.19. The van der Waals surface area contributed by atoms with Crippen LogP contribution in [-0.4, -0.2) is 31.7 Å². The number of aromatic nitrogens is 4. The van der Waals surface area contributed by atoms with Gasteiger partial charge in [-0.1, -0.05) is 42.5 Å². The van der Waals surface area contributed by atoms with Crippen molar-refractivity contribution >= 4 is 27.9 Å². The Morgan fingerprint density at radius 3 is 2.58 bits per heavy atom. The minimum Gasteiger partial charge on any atom is -0.466 e. The molecule has 0 saturated heterocycles. The fourth-order valence-electron chi connectivity index (χ4n) is 5.19. The lowest BCUT2D eigenvalue weighted by Crippen LogP contribution is -2.31. The molecule has 0 fully saturated rings. The van der Waals surface area contributed by atoms with Crippen LogP contribution in [-0.2, 0) is 9.53 Å². The molecular weight excluding hydrogens is 452 g/mol. The van der Waals surface area contributed by atoms with Crippen molar-refractivity contribution in [3.8, 4) is 0 Å². The number of hydrogen-bond acceptors (Lipinski definition) is 4. The second kappa shape index (κ2) is 9.49. The number of nitrogens with zero attached hydrogens (tertiary/aromatic N) is 3. The molecular formula is C29H30N4O3. The normalized spacial score (nSPS) is 13.2. The van der Waals surface area contributed by atoms with E-state index < -0.39 is 6.04 Å². The standard InChI is InChI=1S/C29H30N4O3/c1-5-36-27(34)15-24(21-11-7-6-8-12-21)33-25-14-19(3)30-17-26(25)32(29(33)35)20(4)22-16-31-23-13-9-10-18(2)28(22)23/h6-14,16-17,20,24,31H,5,15H2,1-4H3/t20?,24-/m1/s1. The van der Waals surface area contributed by atoms with Gasteiger partial charge in [-0.2, -0.15) is 0 Å². The molecule has 1 N–H and O–H groups in total. The molecule has 0 amide bonds. The molecule has 0 aliphatic heterocycles.